The molecule has 0 saturated carbocycles. The Bertz CT molecular complexity index is 890. The summed E-state index contributed by atoms with van der Waals surface area (Å²) in [5.74, 6) is -0.831. The number of amides is 1. The van der Waals surface area contributed by atoms with Crippen LogP contribution < -0.4 is 10.1 Å². The quantitative estimate of drug-likeness (QED) is 0.775. The summed E-state index contributed by atoms with van der Waals surface area (Å²) in [6.07, 6.45) is 5.31. The van der Waals surface area contributed by atoms with Crippen LogP contribution in [0, 0.1) is 5.82 Å². The Labute approximate surface area is 144 Å². The Morgan fingerprint density at radius 2 is 2.12 bits per heavy atom. The molecule has 128 valence electrons. The minimum atomic E-state index is -0.572. The molecular weight excluding hydrogens is 323 g/mol. The van der Waals surface area contributed by atoms with E-state index < -0.39 is 5.82 Å². The summed E-state index contributed by atoms with van der Waals surface area (Å²) in [7, 11) is 3.22. The van der Waals surface area contributed by atoms with Gasteiger partial charge >= 0.3 is 0 Å². The number of aryl methyl sites for hydroxylation is 1. The van der Waals surface area contributed by atoms with Crippen molar-refractivity contribution in [1.82, 2.24) is 20.1 Å². The van der Waals surface area contributed by atoms with Crippen LogP contribution in [0.2, 0.25) is 0 Å². The van der Waals surface area contributed by atoms with Crippen molar-refractivity contribution in [2.45, 2.75) is 6.54 Å². The number of carbonyl (C=O) groups is 1. The minimum absolute atomic E-state index is 0.103. The lowest BCUT2D eigenvalue weighted by Crippen LogP contribution is -2.23. The third-order valence-corrected chi connectivity index (χ3v) is 3.69. The molecule has 2 heterocycles. The van der Waals surface area contributed by atoms with E-state index in [2.05, 4.69) is 15.4 Å². The maximum absolute atomic E-state index is 13.7. The number of halogens is 1. The number of aromatic nitrogens is 3. The molecule has 3 rings (SSSR count). The normalized spacial score (nSPS) is 10.5. The fourth-order valence-corrected chi connectivity index (χ4v) is 2.35. The molecule has 0 bridgehead atoms. The summed E-state index contributed by atoms with van der Waals surface area (Å²) in [5.41, 5.74) is 2.81. The molecule has 0 saturated heterocycles. The van der Waals surface area contributed by atoms with Gasteiger partial charge in [0.05, 0.1) is 19.0 Å². The molecule has 0 atom stereocenters. The van der Waals surface area contributed by atoms with Crippen LogP contribution in [0.25, 0.3) is 11.3 Å². The van der Waals surface area contributed by atoms with E-state index in [1.165, 1.54) is 19.2 Å². The van der Waals surface area contributed by atoms with Gasteiger partial charge in [0.2, 0.25) is 0 Å². The van der Waals surface area contributed by atoms with Gasteiger partial charge in [-0.3, -0.25) is 14.5 Å². The number of hydrogen-bond acceptors (Lipinski definition) is 4. The fourth-order valence-electron chi connectivity index (χ4n) is 2.35. The Morgan fingerprint density at radius 3 is 2.72 bits per heavy atom. The number of ether oxygens (including phenoxy) is 1. The Hall–Kier alpha value is -3.22. The van der Waals surface area contributed by atoms with E-state index in [1.54, 1.807) is 17.1 Å². The molecule has 0 aliphatic rings. The largest absolute Gasteiger partial charge is 0.494 e. The standard InChI is InChI=1S/C18H17FN4O2/c1-23-11-14(10-22-23)16-5-3-12(8-20-16)9-21-18(24)13-4-6-17(25-2)15(19)7-13/h3-8,10-11H,9H2,1-2H3,(H,21,24). The maximum atomic E-state index is 13.7. The van der Waals surface area contributed by atoms with Gasteiger partial charge in [0.15, 0.2) is 11.6 Å². The first-order valence-corrected chi connectivity index (χ1v) is 7.62. The first kappa shape index (κ1) is 16.6. The first-order valence-electron chi connectivity index (χ1n) is 7.62. The van der Waals surface area contributed by atoms with Crippen LogP contribution in [-0.4, -0.2) is 27.8 Å². The summed E-state index contributed by atoms with van der Waals surface area (Å²) in [6.45, 7) is 0.298. The topological polar surface area (TPSA) is 69.0 Å². The lowest BCUT2D eigenvalue weighted by atomic mass is 10.1. The molecule has 0 radical (unpaired) electrons. The zero-order chi connectivity index (χ0) is 17.8. The fraction of sp³-hybridized carbons (Fsp3) is 0.167. The van der Waals surface area contributed by atoms with Crippen molar-refractivity contribution in [2.24, 2.45) is 7.05 Å². The highest BCUT2D eigenvalue weighted by atomic mass is 19.1. The Morgan fingerprint density at radius 1 is 1.28 bits per heavy atom. The highest BCUT2D eigenvalue weighted by Crippen LogP contribution is 2.18. The molecule has 3 aromatic rings. The summed E-state index contributed by atoms with van der Waals surface area (Å²) >= 11 is 0. The van der Waals surface area contributed by atoms with Gasteiger partial charge in [0.25, 0.3) is 5.91 Å². The second-order valence-corrected chi connectivity index (χ2v) is 5.49. The van der Waals surface area contributed by atoms with E-state index in [9.17, 15) is 9.18 Å². The molecule has 1 N–H and O–H groups in total. The number of methoxy groups -OCH3 is 1. The molecule has 0 spiro atoms. The summed E-state index contributed by atoms with van der Waals surface area (Å²) in [5, 5.41) is 6.85. The van der Waals surface area contributed by atoms with E-state index >= 15 is 0 Å². The number of nitrogens with one attached hydrogen (secondary N) is 1. The first-order chi connectivity index (χ1) is 12.1. The Balaban J connectivity index is 1.63. The van der Waals surface area contributed by atoms with Crippen molar-refractivity contribution >= 4 is 5.91 Å². The van der Waals surface area contributed by atoms with E-state index in [0.717, 1.165) is 22.9 Å². The smallest absolute Gasteiger partial charge is 0.251 e. The van der Waals surface area contributed by atoms with Crippen LogP contribution in [0.4, 0.5) is 4.39 Å². The highest BCUT2D eigenvalue weighted by Gasteiger charge is 2.10. The van der Waals surface area contributed by atoms with Crippen molar-refractivity contribution in [3.8, 4) is 17.0 Å². The van der Waals surface area contributed by atoms with Gasteiger partial charge in [-0.05, 0) is 29.8 Å². The van der Waals surface area contributed by atoms with Crippen molar-refractivity contribution < 1.29 is 13.9 Å². The molecule has 2 aromatic heterocycles. The van der Waals surface area contributed by atoms with Crippen LogP contribution in [0.15, 0.2) is 48.9 Å². The van der Waals surface area contributed by atoms with Gasteiger partial charge in [0, 0.05) is 37.1 Å². The second-order valence-electron chi connectivity index (χ2n) is 5.49. The SMILES string of the molecule is COc1ccc(C(=O)NCc2ccc(-c3cnn(C)c3)nc2)cc1F. The molecule has 25 heavy (non-hydrogen) atoms. The molecule has 0 aliphatic heterocycles. The van der Waals surface area contributed by atoms with Crippen molar-refractivity contribution in [1.29, 1.82) is 0 Å². The lowest BCUT2D eigenvalue weighted by Gasteiger charge is -2.07. The van der Waals surface area contributed by atoms with Crippen LogP contribution in [0.1, 0.15) is 15.9 Å². The highest BCUT2D eigenvalue weighted by molar-refractivity contribution is 5.94. The molecule has 7 heteroatoms. The van der Waals surface area contributed by atoms with Crippen molar-refractivity contribution in [3.05, 3.63) is 65.9 Å². The van der Waals surface area contributed by atoms with E-state index in [0.29, 0.717) is 6.54 Å². The monoisotopic (exact) mass is 340 g/mol. The third-order valence-electron chi connectivity index (χ3n) is 3.69. The van der Waals surface area contributed by atoms with E-state index in [4.69, 9.17) is 4.74 Å². The number of benzene rings is 1. The minimum Gasteiger partial charge on any atom is -0.494 e. The third kappa shape index (κ3) is 3.82. The van der Waals surface area contributed by atoms with Gasteiger partial charge in [-0.15, -0.1) is 0 Å². The number of rotatable bonds is 5. The van der Waals surface area contributed by atoms with E-state index in [-0.39, 0.29) is 17.2 Å². The van der Waals surface area contributed by atoms with Gasteiger partial charge in [-0.25, -0.2) is 4.39 Å². The average Bonchev–Trinajstić information content (AvgIpc) is 3.06. The Kier molecular flexibility index (Phi) is 4.74. The predicted molar refractivity (Wildman–Crippen MR) is 90.6 cm³/mol. The summed E-state index contributed by atoms with van der Waals surface area (Å²) in [6, 6.07) is 7.84. The van der Waals surface area contributed by atoms with E-state index in [1.807, 2.05) is 25.4 Å². The summed E-state index contributed by atoms with van der Waals surface area (Å²) in [4.78, 5) is 16.5. The zero-order valence-corrected chi connectivity index (χ0v) is 13.9. The van der Waals surface area contributed by atoms with Crippen LogP contribution in [-0.2, 0) is 13.6 Å². The molecule has 0 unspecified atom stereocenters. The average molecular weight is 340 g/mol. The molecule has 0 aliphatic carbocycles. The number of hydrogen-bond donors (Lipinski definition) is 1. The predicted octanol–water partition coefficient (Wildman–Crippen LogP) is 2.56. The molecule has 0 fully saturated rings. The number of carbonyl (C=O) groups excluding carboxylic acids is 1. The molecular formula is C18H17FN4O2. The lowest BCUT2D eigenvalue weighted by molar-refractivity contribution is 0.0950. The van der Waals surface area contributed by atoms with Crippen molar-refractivity contribution in [2.75, 3.05) is 7.11 Å². The zero-order valence-electron chi connectivity index (χ0n) is 13.9. The molecule has 6 nitrogen and oxygen atoms in total. The number of pyridine rings is 1. The van der Waals surface area contributed by atoms with Gasteiger partial charge < -0.3 is 10.1 Å². The van der Waals surface area contributed by atoms with Crippen LogP contribution in [0.5, 0.6) is 5.75 Å². The molecule has 1 aromatic carbocycles. The van der Waals surface area contributed by atoms with Crippen LogP contribution in [0.3, 0.4) is 0 Å². The van der Waals surface area contributed by atoms with Gasteiger partial charge in [-0.1, -0.05) is 6.07 Å². The van der Waals surface area contributed by atoms with Gasteiger partial charge in [0.1, 0.15) is 0 Å². The van der Waals surface area contributed by atoms with Gasteiger partial charge in [-0.2, -0.15) is 5.10 Å². The maximum Gasteiger partial charge on any atom is 0.251 e. The van der Waals surface area contributed by atoms with Crippen LogP contribution >= 0.6 is 0 Å². The molecule has 1 amide bonds. The summed E-state index contributed by atoms with van der Waals surface area (Å²) < 4.78 is 20.2. The second kappa shape index (κ2) is 7.12. The van der Waals surface area contributed by atoms with Crippen molar-refractivity contribution in [3.63, 3.8) is 0 Å². The number of nitrogens with zero attached hydrogens (tertiary/aromatic N) is 3.